The van der Waals surface area contributed by atoms with E-state index in [4.69, 9.17) is 23.7 Å². The van der Waals surface area contributed by atoms with Gasteiger partial charge in [-0.15, -0.1) is 0 Å². The molecule has 0 bridgehead atoms. The van der Waals surface area contributed by atoms with Crippen LogP contribution in [0.15, 0.2) is 23.9 Å². The number of esters is 1. The Morgan fingerprint density at radius 2 is 1.60 bits per heavy atom. The van der Waals surface area contributed by atoms with Crippen LogP contribution in [0.5, 0.6) is 11.5 Å². The number of ether oxygens (including phenoxy) is 5. The summed E-state index contributed by atoms with van der Waals surface area (Å²) in [6.07, 6.45) is -6.55. The van der Waals surface area contributed by atoms with E-state index in [1.54, 1.807) is 6.92 Å². The van der Waals surface area contributed by atoms with Gasteiger partial charge in [-0.1, -0.05) is 6.07 Å². The molecule has 3 aliphatic carbocycles. The first-order valence-corrected chi connectivity index (χ1v) is 15.4. The number of aryl methyl sites for hydroxylation is 1. The number of aliphatic hydroxyl groups is 3. The quantitative estimate of drug-likeness (QED) is 0.213. The van der Waals surface area contributed by atoms with Crippen LogP contribution in [0.3, 0.4) is 0 Å². The van der Waals surface area contributed by atoms with Crippen molar-refractivity contribution >= 4 is 29.1 Å². The van der Waals surface area contributed by atoms with Gasteiger partial charge in [0.25, 0.3) is 0 Å². The number of phenols is 2. The highest BCUT2D eigenvalue weighted by Gasteiger charge is 2.72. The zero-order chi connectivity index (χ0) is 36.8. The maximum atomic E-state index is 14.6. The van der Waals surface area contributed by atoms with Crippen molar-refractivity contribution in [2.24, 2.45) is 0 Å². The van der Waals surface area contributed by atoms with Crippen LogP contribution >= 0.6 is 0 Å². The molecule has 1 heterocycles. The summed E-state index contributed by atoms with van der Waals surface area (Å²) in [6.45, 7) is 3.06. The summed E-state index contributed by atoms with van der Waals surface area (Å²) in [5.41, 5.74) is -10.1. The number of hydrogen-bond acceptors (Lipinski definition) is 16. The summed E-state index contributed by atoms with van der Waals surface area (Å²) in [5.74, 6) is -7.67. The normalized spacial score (nSPS) is 31.7. The van der Waals surface area contributed by atoms with Crippen LogP contribution in [-0.4, -0.2) is 125 Å². The topological polar surface area (TPSA) is 245 Å². The minimum Gasteiger partial charge on any atom is -0.507 e. The number of benzene rings is 2. The Morgan fingerprint density at radius 3 is 2.20 bits per heavy atom. The van der Waals surface area contributed by atoms with Gasteiger partial charge >= 0.3 is 5.97 Å². The summed E-state index contributed by atoms with van der Waals surface area (Å²) < 4.78 is 26.8. The molecule has 6 rings (SSSR count). The molecule has 6 N–H and O–H groups in total. The molecule has 2 aromatic carbocycles. The van der Waals surface area contributed by atoms with Crippen molar-refractivity contribution in [3.63, 3.8) is 0 Å². The van der Waals surface area contributed by atoms with Crippen molar-refractivity contribution in [1.82, 2.24) is 5.32 Å². The van der Waals surface area contributed by atoms with E-state index < -0.39 is 128 Å². The second-order valence-corrected chi connectivity index (χ2v) is 12.6. The lowest BCUT2D eigenvalue weighted by molar-refractivity contribution is -0.236. The van der Waals surface area contributed by atoms with Crippen molar-refractivity contribution in [2.45, 2.75) is 68.2 Å². The van der Waals surface area contributed by atoms with Crippen LogP contribution < -0.4 is 5.32 Å². The molecule has 1 fully saturated rings. The van der Waals surface area contributed by atoms with Crippen molar-refractivity contribution in [3.8, 4) is 11.5 Å². The Labute approximate surface area is 284 Å². The molecule has 0 saturated carbocycles. The highest BCUT2D eigenvalue weighted by atomic mass is 16.6. The fourth-order valence-corrected chi connectivity index (χ4v) is 7.85. The Kier molecular flexibility index (Phi) is 8.50. The molecule has 2 aromatic rings. The van der Waals surface area contributed by atoms with E-state index in [1.165, 1.54) is 27.2 Å². The van der Waals surface area contributed by atoms with Gasteiger partial charge in [0, 0.05) is 50.5 Å². The zero-order valence-electron chi connectivity index (χ0n) is 27.7. The van der Waals surface area contributed by atoms with Gasteiger partial charge in [0.15, 0.2) is 23.2 Å². The number of carbonyl (C=O) groups is 5. The first-order valence-electron chi connectivity index (χ1n) is 15.4. The van der Waals surface area contributed by atoms with E-state index in [2.05, 4.69) is 5.32 Å². The number of phenolic OH excluding ortho intramolecular Hbond substituents is 2. The number of aromatic hydroxyl groups is 2. The standard InChI is InChI=1S/C34H35NO15/c1-11-7-13-8-18(37)34(49-6)30(43)21-15(29(42)33(34,45)22(13)25(40)19(11)32(44)48-5)9-14-20(24(21)39)17(36)10-16(23(14)38)35-31-28(47-4)26(41)27(46-3)12(2)50-31/h7,9-10,12,18,26-28,31,35,37,39-41,45H,8H2,1-6H3/t12-,18-,26+,27-,28+,31?,33-,34-/m1/s1. The maximum Gasteiger partial charge on any atom is 0.341 e. The number of fused-ring (bicyclic) bond motifs is 5. The zero-order valence-corrected chi connectivity index (χ0v) is 27.7. The van der Waals surface area contributed by atoms with Gasteiger partial charge in [0.1, 0.15) is 35.4 Å². The number of Topliss-reactive ketones (excluding diaryl/α,β-unsaturated/α-hetero) is 3. The Hall–Kier alpha value is -4.55. The molecule has 1 saturated heterocycles. The minimum absolute atomic E-state index is 0.00455. The lowest BCUT2D eigenvalue weighted by Gasteiger charge is -2.52. The monoisotopic (exact) mass is 697 g/mol. The van der Waals surface area contributed by atoms with Gasteiger partial charge in [0.05, 0.1) is 36.1 Å². The summed E-state index contributed by atoms with van der Waals surface area (Å²) in [6, 6.07) is 2.18. The van der Waals surface area contributed by atoms with E-state index in [9.17, 15) is 49.5 Å². The summed E-state index contributed by atoms with van der Waals surface area (Å²) >= 11 is 0. The van der Waals surface area contributed by atoms with Crippen molar-refractivity contribution in [3.05, 3.63) is 68.4 Å². The van der Waals surface area contributed by atoms with E-state index in [0.29, 0.717) is 0 Å². The summed E-state index contributed by atoms with van der Waals surface area (Å²) in [4.78, 5) is 69.1. The average molecular weight is 698 g/mol. The second kappa shape index (κ2) is 12.1. The summed E-state index contributed by atoms with van der Waals surface area (Å²) in [7, 11) is 4.62. The molecule has 50 heavy (non-hydrogen) atoms. The van der Waals surface area contributed by atoms with Crippen LogP contribution in [0.25, 0.3) is 0 Å². The number of methoxy groups -OCH3 is 4. The number of nitrogens with one attached hydrogen (secondary N) is 1. The third kappa shape index (κ3) is 4.40. The van der Waals surface area contributed by atoms with Crippen LogP contribution in [0.1, 0.15) is 75.4 Å². The molecular weight excluding hydrogens is 662 g/mol. The Balaban J connectivity index is 1.51. The fraction of sp³-hybridized carbons (Fsp3) is 0.441. The second-order valence-electron chi connectivity index (χ2n) is 12.6. The highest BCUT2D eigenvalue weighted by molar-refractivity contribution is 6.31. The lowest BCUT2D eigenvalue weighted by atomic mass is 9.56. The molecule has 0 amide bonds. The van der Waals surface area contributed by atoms with Gasteiger partial charge in [0.2, 0.25) is 17.3 Å². The predicted octanol–water partition coefficient (Wildman–Crippen LogP) is -0.250. The maximum absolute atomic E-state index is 14.6. The van der Waals surface area contributed by atoms with E-state index in [0.717, 1.165) is 26.4 Å². The SMILES string of the molecule is COC(=O)c1c(C)cc2c(c1O)[C@@]1(O)C(=O)c3cc4c(c(O)c3C(=O)[C@]1(OC)[C@H](O)C2)C(=O)C=C(NC1O[C@H](C)[C@@H](OC)[C@H](O)[C@@H]1OC)C4=O. The van der Waals surface area contributed by atoms with Crippen molar-refractivity contribution in [1.29, 1.82) is 0 Å². The molecule has 16 heteroatoms. The number of rotatable bonds is 6. The number of allylic oxidation sites excluding steroid dienone is 2. The Bertz CT molecular complexity index is 1920. The number of ketones is 4. The van der Waals surface area contributed by atoms with E-state index >= 15 is 0 Å². The number of hydrogen-bond donors (Lipinski definition) is 6. The first kappa shape index (κ1) is 35.3. The largest absolute Gasteiger partial charge is 0.507 e. The lowest BCUT2D eigenvalue weighted by Crippen LogP contribution is -2.73. The predicted molar refractivity (Wildman–Crippen MR) is 166 cm³/mol. The minimum atomic E-state index is -3.23. The molecule has 4 aliphatic rings. The molecule has 1 aliphatic heterocycles. The molecule has 16 nitrogen and oxygen atoms in total. The number of carbonyl (C=O) groups excluding carboxylic acids is 5. The molecule has 0 spiro atoms. The first-order chi connectivity index (χ1) is 23.6. The molecule has 0 radical (unpaired) electrons. The van der Waals surface area contributed by atoms with Gasteiger partial charge in [-0.3, -0.25) is 19.2 Å². The molecule has 266 valence electrons. The van der Waals surface area contributed by atoms with Crippen LogP contribution in [0.4, 0.5) is 0 Å². The van der Waals surface area contributed by atoms with Gasteiger partial charge in [-0.05, 0) is 31.0 Å². The van der Waals surface area contributed by atoms with Gasteiger partial charge in [-0.25, -0.2) is 4.79 Å². The smallest absolute Gasteiger partial charge is 0.341 e. The van der Waals surface area contributed by atoms with Crippen molar-refractivity contribution < 1.29 is 73.2 Å². The van der Waals surface area contributed by atoms with Crippen LogP contribution in [0, 0.1) is 6.92 Å². The average Bonchev–Trinajstić information content (AvgIpc) is 3.05. The Morgan fingerprint density at radius 1 is 0.940 bits per heavy atom. The van der Waals surface area contributed by atoms with Gasteiger partial charge in [-0.2, -0.15) is 0 Å². The molecule has 0 aromatic heterocycles. The molecular formula is C34H35NO15. The fourth-order valence-electron chi connectivity index (χ4n) is 7.85. The third-order valence-corrected chi connectivity index (χ3v) is 10.2. The molecule has 8 atom stereocenters. The van der Waals surface area contributed by atoms with Gasteiger partial charge < -0.3 is 54.5 Å². The summed E-state index contributed by atoms with van der Waals surface area (Å²) in [5, 5.41) is 60.3. The van der Waals surface area contributed by atoms with Crippen LogP contribution in [-0.2, 0) is 35.7 Å². The van der Waals surface area contributed by atoms with E-state index in [1.807, 2.05) is 0 Å². The van der Waals surface area contributed by atoms with E-state index in [-0.39, 0.29) is 16.8 Å². The highest BCUT2D eigenvalue weighted by Crippen LogP contribution is 2.56. The molecule has 1 unspecified atom stereocenters. The third-order valence-electron chi connectivity index (χ3n) is 10.2. The van der Waals surface area contributed by atoms with Crippen LogP contribution in [0.2, 0.25) is 0 Å². The van der Waals surface area contributed by atoms with Crippen molar-refractivity contribution in [2.75, 3.05) is 28.4 Å². The number of aliphatic hydroxyl groups excluding tert-OH is 2.